The van der Waals surface area contributed by atoms with Gasteiger partial charge in [-0.1, -0.05) is 23.8 Å². The smallest absolute Gasteiger partial charge is 0.252 e. The Morgan fingerprint density at radius 3 is 2.55 bits per heavy atom. The normalized spacial score (nSPS) is 11.4. The first kappa shape index (κ1) is 20.9. The number of nitrogens with zero attached hydrogens (tertiary/aromatic N) is 4. The van der Waals surface area contributed by atoms with Crippen molar-refractivity contribution in [1.29, 1.82) is 0 Å². The van der Waals surface area contributed by atoms with E-state index in [4.69, 9.17) is 9.40 Å². The van der Waals surface area contributed by atoms with Gasteiger partial charge in [-0.15, -0.1) is 0 Å². The van der Waals surface area contributed by atoms with Gasteiger partial charge in [0.2, 0.25) is 5.89 Å². The molecule has 166 valence electrons. The first-order valence-electron chi connectivity index (χ1n) is 10.7. The van der Waals surface area contributed by atoms with Crippen molar-refractivity contribution in [3.8, 4) is 17.1 Å². The van der Waals surface area contributed by atoms with Crippen molar-refractivity contribution < 1.29 is 8.81 Å². The first-order valence-corrected chi connectivity index (χ1v) is 10.7. The molecular formula is C26H23FN4O2. The zero-order valence-corrected chi connectivity index (χ0v) is 18.9. The molecule has 3 aromatic heterocycles. The average molecular weight is 442 g/mol. The number of oxazole rings is 1. The molecule has 0 aliphatic rings. The topological polar surface area (TPSA) is 65.8 Å². The number of hydrogen-bond donors (Lipinski definition) is 0. The van der Waals surface area contributed by atoms with Crippen molar-refractivity contribution in [3.63, 3.8) is 0 Å². The van der Waals surface area contributed by atoms with Gasteiger partial charge in [-0.25, -0.2) is 14.1 Å². The van der Waals surface area contributed by atoms with E-state index in [1.54, 1.807) is 27.4 Å². The predicted octanol–water partition coefficient (Wildman–Crippen LogP) is 5.26. The van der Waals surface area contributed by atoms with Gasteiger partial charge in [0.15, 0.2) is 0 Å². The number of aromatic nitrogens is 4. The summed E-state index contributed by atoms with van der Waals surface area (Å²) in [6, 6.07) is 15.7. The Hall–Kier alpha value is -4.00. The van der Waals surface area contributed by atoms with Crippen molar-refractivity contribution in [3.05, 3.63) is 99.0 Å². The van der Waals surface area contributed by atoms with Crippen LogP contribution in [0.2, 0.25) is 0 Å². The summed E-state index contributed by atoms with van der Waals surface area (Å²) in [5, 5.41) is 5.50. The van der Waals surface area contributed by atoms with Crippen molar-refractivity contribution in [1.82, 2.24) is 19.3 Å². The Labute approximate surface area is 189 Å². The Balaban J connectivity index is 1.69. The molecule has 0 atom stereocenters. The molecule has 0 saturated carbocycles. The van der Waals surface area contributed by atoms with Crippen molar-refractivity contribution in [2.45, 2.75) is 34.2 Å². The molecule has 33 heavy (non-hydrogen) atoms. The van der Waals surface area contributed by atoms with Gasteiger partial charge in [-0.05, 0) is 63.6 Å². The van der Waals surface area contributed by atoms with Gasteiger partial charge in [0.05, 0.1) is 17.9 Å². The van der Waals surface area contributed by atoms with Crippen molar-refractivity contribution >= 4 is 11.0 Å². The van der Waals surface area contributed by atoms with Crippen LogP contribution in [-0.2, 0) is 6.54 Å². The second kappa shape index (κ2) is 7.85. The molecule has 3 heterocycles. The van der Waals surface area contributed by atoms with E-state index in [-0.39, 0.29) is 17.9 Å². The van der Waals surface area contributed by atoms with Gasteiger partial charge in [-0.3, -0.25) is 9.36 Å². The Kier molecular flexibility index (Phi) is 4.96. The first-order chi connectivity index (χ1) is 15.8. The fourth-order valence-electron chi connectivity index (χ4n) is 4.23. The summed E-state index contributed by atoms with van der Waals surface area (Å²) in [6.07, 6.45) is 0. The monoisotopic (exact) mass is 442 g/mol. The third-order valence-electron chi connectivity index (χ3n) is 5.81. The highest BCUT2D eigenvalue weighted by molar-refractivity contribution is 5.83. The lowest BCUT2D eigenvalue weighted by Crippen LogP contribution is -2.23. The van der Waals surface area contributed by atoms with Crippen LogP contribution in [0.25, 0.3) is 28.2 Å². The number of benzene rings is 2. The van der Waals surface area contributed by atoms with Gasteiger partial charge in [0, 0.05) is 17.0 Å². The van der Waals surface area contributed by atoms with Crippen LogP contribution >= 0.6 is 0 Å². The fourth-order valence-corrected chi connectivity index (χ4v) is 4.23. The lowest BCUT2D eigenvalue weighted by atomic mass is 10.1. The molecule has 0 aliphatic heterocycles. The number of aryl methyl sites for hydroxylation is 4. The largest absolute Gasteiger partial charge is 0.441 e. The van der Waals surface area contributed by atoms with Crippen LogP contribution in [-0.4, -0.2) is 19.3 Å². The molecule has 7 heteroatoms. The molecule has 0 bridgehead atoms. The Morgan fingerprint density at radius 1 is 1.00 bits per heavy atom. The van der Waals surface area contributed by atoms with E-state index in [0.29, 0.717) is 28.7 Å². The van der Waals surface area contributed by atoms with E-state index in [9.17, 15) is 9.18 Å². The van der Waals surface area contributed by atoms with E-state index in [0.717, 1.165) is 27.8 Å². The minimum Gasteiger partial charge on any atom is -0.441 e. The SMILES string of the molecule is Cc1cccc(-c2nc(Cn3c(=O)cc(C)c4c(C)nn(-c5cccc(F)c5)c43)c(C)o2)c1. The Bertz CT molecular complexity index is 1580. The molecule has 0 saturated heterocycles. The molecule has 0 spiro atoms. The highest BCUT2D eigenvalue weighted by atomic mass is 19.1. The maximum Gasteiger partial charge on any atom is 0.252 e. The molecule has 2 aromatic carbocycles. The molecule has 0 radical (unpaired) electrons. The zero-order valence-electron chi connectivity index (χ0n) is 18.9. The summed E-state index contributed by atoms with van der Waals surface area (Å²) in [6.45, 7) is 7.83. The van der Waals surface area contributed by atoms with Crippen LogP contribution in [0.4, 0.5) is 4.39 Å². The minimum absolute atomic E-state index is 0.183. The third-order valence-corrected chi connectivity index (χ3v) is 5.81. The molecule has 6 nitrogen and oxygen atoms in total. The molecule has 5 aromatic rings. The predicted molar refractivity (Wildman–Crippen MR) is 125 cm³/mol. The van der Waals surface area contributed by atoms with Gasteiger partial charge in [-0.2, -0.15) is 5.10 Å². The van der Waals surface area contributed by atoms with Crippen molar-refractivity contribution in [2.75, 3.05) is 0 Å². The molecule has 0 unspecified atom stereocenters. The molecule has 0 aliphatic carbocycles. The average Bonchev–Trinajstić information content (AvgIpc) is 3.31. The molecular weight excluding hydrogens is 419 g/mol. The summed E-state index contributed by atoms with van der Waals surface area (Å²) >= 11 is 0. The standard InChI is InChI=1S/C26H23FN4O2/c1-15-7-5-8-19(11-15)25-28-22(18(4)33-25)14-30-23(32)12-16(2)24-17(3)29-31(26(24)30)21-10-6-9-20(27)13-21/h5-13H,14H2,1-4H3. The lowest BCUT2D eigenvalue weighted by Gasteiger charge is -2.11. The summed E-state index contributed by atoms with van der Waals surface area (Å²) in [5.74, 6) is 0.781. The van der Waals surface area contributed by atoms with E-state index < -0.39 is 0 Å². The fraction of sp³-hybridized carbons (Fsp3) is 0.192. The van der Waals surface area contributed by atoms with E-state index >= 15 is 0 Å². The van der Waals surface area contributed by atoms with Crippen LogP contribution in [0, 0.1) is 33.5 Å². The van der Waals surface area contributed by atoms with Crippen LogP contribution in [0.1, 0.15) is 28.3 Å². The number of halogens is 1. The molecule has 0 fully saturated rings. The van der Waals surface area contributed by atoms with E-state index in [1.165, 1.54) is 12.1 Å². The van der Waals surface area contributed by atoms with Crippen LogP contribution < -0.4 is 5.56 Å². The van der Waals surface area contributed by atoms with Crippen molar-refractivity contribution in [2.24, 2.45) is 0 Å². The van der Waals surface area contributed by atoms with E-state index in [1.807, 2.05) is 52.0 Å². The van der Waals surface area contributed by atoms with Crippen LogP contribution in [0.3, 0.4) is 0 Å². The maximum atomic E-state index is 14.0. The molecule has 0 N–H and O–H groups in total. The van der Waals surface area contributed by atoms with Gasteiger partial charge in [0.25, 0.3) is 5.56 Å². The summed E-state index contributed by atoms with van der Waals surface area (Å²) in [5.41, 5.74) is 5.19. The minimum atomic E-state index is -0.370. The second-order valence-corrected chi connectivity index (χ2v) is 8.32. The maximum absolute atomic E-state index is 14.0. The number of pyridine rings is 1. The third kappa shape index (κ3) is 3.65. The highest BCUT2D eigenvalue weighted by Crippen LogP contribution is 2.27. The molecule has 5 rings (SSSR count). The van der Waals surface area contributed by atoms with Gasteiger partial charge < -0.3 is 4.42 Å². The number of fused-ring (bicyclic) bond motifs is 1. The zero-order chi connectivity index (χ0) is 23.3. The Morgan fingerprint density at radius 2 is 1.79 bits per heavy atom. The second-order valence-electron chi connectivity index (χ2n) is 8.32. The molecule has 0 amide bonds. The number of rotatable bonds is 4. The van der Waals surface area contributed by atoms with Gasteiger partial charge in [0.1, 0.15) is 22.9 Å². The lowest BCUT2D eigenvalue weighted by molar-refractivity contribution is 0.537. The number of hydrogen-bond acceptors (Lipinski definition) is 4. The summed E-state index contributed by atoms with van der Waals surface area (Å²) in [4.78, 5) is 17.8. The summed E-state index contributed by atoms with van der Waals surface area (Å²) in [7, 11) is 0. The summed E-state index contributed by atoms with van der Waals surface area (Å²) < 4.78 is 23.2. The highest BCUT2D eigenvalue weighted by Gasteiger charge is 2.20. The van der Waals surface area contributed by atoms with Crippen LogP contribution in [0.15, 0.2) is 63.8 Å². The van der Waals surface area contributed by atoms with E-state index in [2.05, 4.69) is 5.10 Å². The van der Waals surface area contributed by atoms with Crippen LogP contribution in [0.5, 0.6) is 0 Å². The quantitative estimate of drug-likeness (QED) is 0.381. The van der Waals surface area contributed by atoms with Gasteiger partial charge >= 0.3 is 0 Å².